The Labute approximate surface area is 221 Å². The molecule has 0 spiro atoms. The smallest absolute Gasteiger partial charge is 0.315 e. The number of amidine groups is 1. The summed E-state index contributed by atoms with van der Waals surface area (Å²) in [5, 5.41) is 7.54. The van der Waals surface area contributed by atoms with Gasteiger partial charge in [-0.25, -0.2) is 4.98 Å². The number of aryl methyl sites for hydroxylation is 1. The highest BCUT2D eigenvalue weighted by molar-refractivity contribution is 6.04. The molecule has 3 N–H and O–H groups in total. The van der Waals surface area contributed by atoms with E-state index in [1.807, 2.05) is 24.3 Å². The average Bonchev–Trinajstić information content (AvgIpc) is 3.37. The van der Waals surface area contributed by atoms with Crippen LogP contribution in [0.1, 0.15) is 55.8 Å². The molecule has 1 aliphatic carbocycles. The van der Waals surface area contributed by atoms with E-state index in [-0.39, 0.29) is 48.8 Å². The van der Waals surface area contributed by atoms with E-state index in [9.17, 15) is 14.4 Å². The Morgan fingerprint density at radius 3 is 2.46 bits per heavy atom. The van der Waals surface area contributed by atoms with Crippen molar-refractivity contribution in [2.75, 3.05) is 11.5 Å². The van der Waals surface area contributed by atoms with Crippen LogP contribution in [-0.4, -0.2) is 39.9 Å². The van der Waals surface area contributed by atoms with E-state index in [0.29, 0.717) is 34.4 Å². The summed E-state index contributed by atoms with van der Waals surface area (Å²) in [7, 11) is 1.70. The number of nitrogens with one attached hydrogen (secondary N) is 1. The third kappa shape index (κ3) is 6.17. The molecule has 9 nitrogen and oxygen atoms in total. The zero-order valence-corrected chi connectivity index (χ0v) is 21.8. The second-order valence-electron chi connectivity index (χ2n) is 9.07. The second kappa shape index (κ2) is 12.0. The van der Waals surface area contributed by atoms with Gasteiger partial charge in [0, 0.05) is 30.8 Å². The van der Waals surface area contributed by atoms with Gasteiger partial charge in [-0.2, -0.15) is 0 Å². The summed E-state index contributed by atoms with van der Waals surface area (Å²) in [5.74, 6) is -0.849. The predicted octanol–water partition coefficient (Wildman–Crippen LogP) is 3.46. The molecule has 1 aromatic heterocycles. The number of fused-ring (bicyclic) bond motifs is 1. The monoisotopic (exact) mass is 525 g/mol. The fraction of sp³-hybridized carbons (Fsp3) is 0.370. The fourth-order valence-electron chi connectivity index (χ4n) is 4.78. The first-order chi connectivity index (χ1) is 17.3. The molecule has 0 aliphatic heterocycles. The van der Waals surface area contributed by atoms with Gasteiger partial charge in [-0.3, -0.25) is 19.8 Å². The zero-order valence-electron chi connectivity index (χ0n) is 21.0. The molecule has 2 aromatic carbocycles. The lowest BCUT2D eigenvalue weighted by Gasteiger charge is -2.29. The third-order valence-corrected chi connectivity index (χ3v) is 6.60. The van der Waals surface area contributed by atoms with Crippen molar-refractivity contribution in [2.24, 2.45) is 12.8 Å². The summed E-state index contributed by atoms with van der Waals surface area (Å²) in [6.07, 6.45) is 3.80. The molecule has 10 heteroatoms. The molecule has 37 heavy (non-hydrogen) atoms. The van der Waals surface area contributed by atoms with E-state index < -0.39 is 5.97 Å². The van der Waals surface area contributed by atoms with Crippen molar-refractivity contribution >= 4 is 46.8 Å². The van der Waals surface area contributed by atoms with Gasteiger partial charge in [0.05, 0.1) is 17.6 Å². The van der Waals surface area contributed by atoms with Crippen molar-refractivity contribution in [3.8, 4) is 0 Å². The normalized spacial score (nSPS) is 13.2. The van der Waals surface area contributed by atoms with Crippen LogP contribution in [0.2, 0.25) is 0 Å². The Hall–Kier alpha value is -3.72. The van der Waals surface area contributed by atoms with Crippen LogP contribution >= 0.6 is 12.4 Å². The van der Waals surface area contributed by atoms with Crippen LogP contribution in [0.3, 0.4) is 0 Å². The van der Waals surface area contributed by atoms with Gasteiger partial charge < -0.3 is 19.9 Å². The van der Waals surface area contributed by atoms with Crippen LogP contribution in [0.4, 0.5) is 5.69 Å². The number of nitrogen functional groups attached to an aromatic ring is 1. The topological polar surface area (TPSA) is 131 Å². The first-order valence-corrected chi connectivity index (χ1v) is 12.2. The summed E-state index contributed by atoms with van der Waals surface area (Å²) < 4.78 is 6.56. The van der Waals surface area contributed by atoms with Gasteiger partial charge in [-0.1, -0.05) is 37.1 Å². The van der Waals surface area contributed by atoms with E-state index in [4.69, 9.17) is 15.9 Å². The Balaban J connectivity index is 0.00000380. The molecule has 1 aliphatic rings. The van der Waals surface area contributed by atoms with Crippen LogP contribution in [0.15, 0.2) is 47.3 Å². The molecule has 0 unspecified atom stereocenters. The van der Waals surface area contributed by atoms with Gasteiger partial charge in [-0.05, 0) is 43.5 Å². The number of nitrogens with two attached hydrogens (primary N) is 1. The molecular formula is C27H32ClN5O4. The number of benzene rings is 2. The minimum absolute atomic E-state index is 0. The minimum atomic E-state index is -0.537. The van der Waals surface area contributed by atoms with Gasteiger partial charge in [0.1, 0.15) is 18.0 Å². The lowest BCUT2D eigenvalue weighted by atomic mass is 10.1. The minimum Gasteiger partial charge on any atom is -0.466 e. The molecule has 1 heterocycles. The van der Waals surface area contributed by atoms with Crippen molar-refractivity contribution in [1.29, 1.82) is 5.41 Å². The molecule has 1 amide bonds. The Kier molecular flexibility index (Phi) is 9.04. The molecule has 4 rings (SSSR count). The highest BCUT2D eigenvalue weighted by Gasteiger charge is 2.30. The van der Waals surface area contributed by atoms with E-state index in [1.54, 1.807) is 41.6 Å². The highest BCUT2D eigenvalue weighted by atomic mass is 35.5. The third-order valence-electron chi connectivity index (χ3n) is 6.60. The quantitative estimate of drug-likeness (QED) is 0.200. The van der Waals surface area contributed by atoms with Crippen molar-refractivity contribution in [3.05, 3.63) is 69.6 Å². The number of anilines is 1. The fourth-order valence-corrected chi connectivity index (χ4v) is 4.78. The van der Waals surface area contributed by atoms with E-state index in [0.717, 1.165) is 31.2 Å². The maximum absolute atomic E-state index is 13.2. The number of carbonyl (C=O) groups excluding carboxylic acids is 2. The standard InChI is InChI=1S/C27H31N5O4.ClH/c1-3-36-25(34)16-24(33)32(19-6-4-5-7-19)20-12-13-23-21(15-20)30-22(27(35)31(23)2)14-17-8-10-18(11-9-17)26(28)29;/h8-13,15,19H,3-7,14,16H2,1-2H3,(H3,28,29);1H. The van der Waals surface area contributed by atoms with E-state index in [1.165, 1.54) is 0 Å². The summed E-state index contributed by atoms with van der Waals surface area (Å²) in [4.78, 5) is 44.6. The number of hydrogen-bond donors (Lipinski definition) is 2. The van der Waals surface area contributed by atoms with Crippen LogP contribution in [0.25, 0.3) is 11.0 Å². The maximum Gasteiger partial charge on any atom is 0.315 e. The van der Waals surface area contributed by atoms with E-state index in [2.05, 4.69) is 4.98 Å². The van der Waals surface area contributed by atoms with Gasteiger partial charge in [0.25, 0.3) is 5.56 Å². The van der Waals surface area contributed by atoms with Gasteiger partial charge in [0.2, 0.25) is 5.91 Å². The molecule has 0 bridgehead atoms. The average molecular weight is 526 g/mol. The number of ether oxygens (including phenoxy) is 1. The predicted molar refractivity (Wildman–Crippen MR) is 145 cm³/mol. The van der Waals surface area contributed by atoms with Crippen LogP contribution in [0.5, 0.6) is 0 Å². The molecule has 0 atom stereocenters. The van der Waals surface area contributed by atoms with E-state index >= 15 is 0 Å². The molecule has 1 fully saturated rings. The van der Waals surface area contributed by atoms with Gasteiger partial charge >= 0.3 is 5.97 Å². The van der Waals surface area contributed by atoms with Gasteiger partial charge in [-0.15, -0.1) is 12.4 Å². The number of carbonyl (C=O) groups is 2. The molecule has 196 valence electrons. The van der Waals surface area contributed by atoms with Crippen LogP contribution in [-0.2, 0) is 27.8 Å². The lowest BCUT2D eigenvalue weighted by Crippen LogP contribution is -2.40. The molecule has 1 saturated carbocycles. The first-order valence-electron chi connectivity index (χ1n) is 12.2. The van der Waals surface area contributed by atoms with Crippen molar-refractivity contribution in [3.63, 3.8) is 0 Å². The number of amides is 1. The number of esters is 1. The van der Waals surface area contributed by atoms with Crippen LogP contribution in [0, 0.1) is 5.41 Å². The SMILES string of the molecule is CCOC(=O)CC(=O)N(c1ccc2c(c1)nc(Cc1ccc(C(=N)N)cc1)c(=O)n2C)C1CCCC1.Cl. The number of aromatic nitrogens is 2. The van der Waals surface area contributed by atoms with Crippen molar-refractivity contribution in [2.45, 2.75) is 51.5 Å². The summed E-state index contributed by atoms with van der Waals surface area (Å²) in [6.45, 7) is 1.94. The number of halogens is 1. The second-order valence-corrected chi connectivity index (χ2v) is 9.07. The zero-order chi connectivity index (χ0) is 25.8. The number of nitrogens with zero attached hydrogens (tertiary/aromatic N) is 3. The maximum atomic E-state index is 13.2. The number of hydrogen-bond acceptors (Lipinski definition) is 6. The summed E-state index contributed by atoms with van der Waals surface area (Å²) in [6, 6.07) is 12.6. The van der Waals surface area contributed by atoms with Crippen molar-refractivity contribution in [1.82, 2.24) is 9.55 Å². The molecule has 3 aromatic rings. The first kappa shape index (κ1) is 27.9. The molecule has 0 radical (unpaired) electrons. The molecule has 0 saturated heterocycles. The largest absolute Gasteiger partial charge is 0.466 e. The van der Waals surface area contributed by atoms with Crippen molar-refractivity contribution < 1.29 is 14.3 Å². The highest BCUT2D eigenvalue weighted by Crippen LogP contribution is 2.30. The number of rotatable bonds is 8. The Morgan fingerprint density at radius 2 is 1.84 bits per heavy atom. The Bertz CT molecular complexity index is 1360. The summed E-state index contributed by atoms with van der Waals surface area (Å²) >= 11 is 0. The Morgan fingerprint density at radius 1 is 1.16 bits per heavy atom. The summed E-state index contributed by atoms with van der Waals surface area (Å²) in [5.41, 5.74) is 9.11. The lowest BCUT2D eigenvalue weighted by molar-refractivity contribution is -0.145. The molecular weight excluding hydrogens is 494 g/mol. The van der Waals surface area contributed by atoms with Crippen LogP contribution < -0.4 is 16.2 Å². The van der Waals surface area contributed by atoms with Gasteiger partial charge in [0.15, 0.2) is 0 Å².